The van der Waals surface area contributed by atoms with E-state index in [1.165, 1.54) is 11.9 Å². The molecule has 3 heterocycles. The van der Waals surface area contributed by atoms with Crippen molar-refractivity contribution in [3.63, 3.8) is 0 Å². The maximum atomic E-state index is 9.25. The summed E-state index contributed by atoms with van der Waals surface area (Å²) >= 11 is 3.07. The van der Waals surface area contributed by atoms with Crippen LogP contribution in [0.4, 0.5) is 5.69 Å². The van der Waals surface area contributed by atoms with Crippen molar-refractivity contribution >= 4 is 39.9 Å². The maximum absolute atomic E-state index is 9.25. The van der Waals surface area contributed by atoms with E-state index in [0.717, 1.165) is 36.9 Å². The zero-order chi connectivity index (χ0) is 17.2. The number of fused-ring (bicyclic) bond motifs is 1. The van der Waals surface area contributed by atoms with Gasteiger partial charge in [-0.25, -0.2) is 4.98 Å². The third-order valence-corrected chi connectivity index (χ3v) is 5.79. The first-order valence-corrected chi connectivity index (χ1v) is 9.19. The largest absolute Gasteiger partial charge is 0.358 e. The predicted octanol–water partition coefficient (Wildman–Crippen LogP) is 4.99. The lowest BCUT2D eigenvalue weighted by molar-refractivity contribution is 1.25. The predicted molar refractivity (Wildman–Crippen MR) is 103 cm³/mol. The van der Waals surface area contributed by atoms with E-state index in [9.17, 15) is 5.26 Å². The number of nitrogens with one attached hydrogen (secondary N) is 2. The average molecular weight is 363 g/mol. The quantitative estimate of drug-likeness (QED) is 0.500. The normalized spacial score (nSPS) is 10.7. The minimum Gasteiger partial charge on any atom is -0.358 e. The van der Waals surface area contributed by atoms with Crippen molar-refractivity contribution in [3.05, 3.63) is 60.2 Å². The molecule has 4 rings (SSSR count). The van der Waals surface area contributed by atoms with Crippen LogP contribution in [0, 0.1) is 18.3 Å². The van der Waals surface area contributed by atoms with Crippen molar-refractivity contribution in [2.75, 3.05) is 4.72 Å². The molecule has 0 aliphatic rings. The van der Waals surface area contributed by atoms with Crippen LogP contribution in [-0.4, -0.2) is 15.0 Å². The molecule has 5 nitrogen and oxygen atoms in total. The second-order valence-corrected chi connectivity index (χ2v) is 7.51. The van der Waals surface area contributed by atoms with Gasteiger partial charge in [0.2, 0.25) is 0 Å². The summed E-state index contributed by atoms with van der Waals surface area (Å²) in [7, 11) is 0. The highest BCUT2D eigenvalue weighted by atomic mass is 32.2. The van der Waals surface area contributed by atoms with E-state index in [1.807, 2.05) is 43.6 Å². The number of nitrogens with zero attached hydrogens (tertiary/aromatic N) is 3. The lowest BCUT2D eigenvalue weighted by Gasteiger charge is -2.06. The Morgan fingerprint density at radius 1 is 1.28 bits per heavy atom. The molecule has 0 fully saturated rings. The first-order chi connectivity index (χ1) is 12.3. The van der Waals surface area contributed by atoms with Gasteiger partial charge in [0.15, 0.2) is 4.34 Å². The number of anilines is 1. The summed E-state index contributed by atoms with van der Waals surface area (Å²) in [6.07, 6.45) is 7.20. The summed E-state index contributed by atoms with van der Waals surface area (Å²) in [5.41, 5.74) is 4.68. The van der Waals surface area contributed by atoms with E-state index in [2.05, 4.69) is 25.7 Å². The summed E-state index contributed by atoms with van der Waals surface area (Å²) in [6.45, 7) is 2.01. The van der Waals surface area contributed by atoms with Crippen molar-refractivity contribution < 1.29 is 0 Å². The average Bonchev–Trinajstić information content (AvgIpc) is 3.29. The number of H-pyrrole nitrogens is 1. The van der Waals surface area contributed by atoms with E-state index >= 15 is 0 Å². The van der Waals surface area contributed by atoms with Gasteiger partial charge in [-0.15, -0.1) is 11.3 Å². The minimum atomic E-state index is 0.661. The molecule has 7 heteroatoms. The van der Waals surface area contributed by atoms with Gasteiger partial charge in [0.1, 0.15) is 6.07 Å². The Labute approximate surface area is 152 Å². The molecule has 0 spiro atoms. The molecule has 0 amide bonds. The van der Waals surface area contributed by atoms with Gasteiger partial charge in [0.05, 0.1) is 21.6 Å². The number of aromatic amines is 1. The summed E-state index contributed by atoms with van der Waals surface area (Å²) in [5.74, 6) is 0. The SMILES string of the molecule is Cc1ccc(NSc2ncc(-c3cccnc3)s2)c2[nH]cc(C#N)c12. The van der Waals surface area contributed by atoms with Crippen LogP contribution in [0.1, 0.15) is 11.1 Å². The van der Waals surface area contributed by atoms with Crippen LogP contribution in [0.3, 0.4) is 0 Å². The molecular formula is C18H13N5S2. The summed E-state index contributed by atoms with van der Waals surface area (Å²) in [4.78, 5) is 12.9. The molecule has 25 heavy (non-hydrogen) atoms. The number of nitriles is 1. The molecule has 0 saturated heterocycles. The molecule has 122 valence electrons. The Morgan fingerprint density at radius 3 is 3.00 bits per heavy atom. The van der Waals surface area contributed by atoms with Gasteiger partial charge in [-0.2, -0.15) is 5.26 Å². The highest BCUT2D eigenvalue weighted by Crippen LogP contribution is 2.34. The molecule has 0 radical (unpaired) electrons. The molecule has 0 aliphatic heterocycles. The number of rotatable bonds is 4. The van der Waals surface area contributed by atoms with Crippen molar-refractivity contribution in [1.82, 2.24) is 15.0 Å². The van der Waals surface area contributed by atoms with E-state index in [0.29, 0.717) is 5.56 Å². The van der Waals surface area contributed by atoms with Gasteiger partial charge < -0.3 is 9.71 Å². The lowest BCUT2D eigenvalue weighted by atomic mass is 10.1. The van der Waals surface area contributed by atoms with Crippen LogP contribution in [0.5, 0.6) is 0 Å². The monoisotopic (exact) mass is 363 g/mol. The maximum Gasteiger partial charge on any atom is 0.171 e. The van der Waals surface area contributed by atoms with Crippen molar-refractivity contribution in [2.45, 2.75) is 11.3 Å². The number of benzene rings is 1. The van der Waals surface area contributed by atoms with E-state index in [-0.39, 0.29) is 0 Å². The van der Waals surface area contributed by atoms with Gasteiger partial charge in [-0.1, -0.05) is 12.1 Å². The van der Waals surface area contributed by atoms with Gasteiger partial charge in [0.25, 0.3) is 0 Å². The summed E-state index contributed by atoms with van der Waals surface area (Å²) < 4.78 is 4.26. The van der Waals surface area contributed by atoms with Gasteiger partial charge in [-0.3, -0.25) is 4.98 Å². The molecule has 0 atom stereocenters. The number of aryl methyl sites for hydroxylation is 1. The first kappa shape index (κ1) is 15.7. The highest BCUT2D eigenvalue weighted by Gasteiger charge is 2.11. The van der Waals surface area contributed by atoms with Crippen LogP contribution >= 0.6 is 23.3 Å². The summed E-state index contributed by atoms with van der Waals surface area (Å²) in [6, 6.07) is 10.2. The molecule has 0 bridgehead atoms. The van der Waals surface area contributed by atoms with Gasteiger partial charge >= 0.3 is 0 Å². The second kappa shape index (κ2) is 6.59. The van der Waals surface area contributed by atoms with Gasteiger partial charge in [0, 0.05) is 47.7 Å². The molecule has 3 aromatic heterocycles. The standard InChI is InChI=1S/C18H13N5S2/c1-11-4-5-14(17-16(11)13(7-19)9-21-17)23-25-18-22-10-15(24-18)12-3-2-6-20-8-12/h2-6,8-10,21,23H,1H3. The summed E-state index contributed by atoms with van der Waals surface area (Å²) in [5, 5.41) is 10.2. The van der Waals surface area contributed by atoms with E-state index < -0.39 is 0 Å². The molecule has 0 unspecified atom stereocenters. The Hall–Kier alpha value is -2.82. The Balaban J connectivity index is 1.58. The molecule has 2 N–H and O–H groups in total. The third kappa shape index (κ3) is 2.97. The first-order valence-electron chi connectivity index (χ1n) is 7.56. The number of thiazole rings is 1. The topological polar surface area (TPSA) is 77.4 Å². The van der Waals surface area contributed by atoms with Crippen molar-refractivity contribution in [1.29, 1.82) is 5.26 Å². The van der Waals surface area contributed by atoms with Crippen LogP contribution in [0.2, 0.25) is 0 Å². The number of hydrogen-bond donors (Lipinski definition) is 2. The molecule has 1 aromatic carbocycles. The fraction of sp³-hybridized carbons (Fsp3) is 0.0556. The molecular weight excluding hydrogens is 350 g/mol. The zero-order valence-corrected chi connectivity index (χ0v) is 14.9. The van der Waals surface area contributed by atoms with Crippen LogP contribution in [0.25, 0.3) is 21.3 Å². The Bertz CT molecular complexity index is 1080. The van der Waals surface area contributed by atoms with E-state index in [1.54, 1.807) is 23.7 Å². The number of pyridine rings is 1. The second-order valence-electron chi connectivity index (χ2n) is 5.43. The Morgan fingerprint density at radius 2 is 2.20 bits per heavy atom. The minimum absolute atomic E-state index is 0.661. The van der Waals surface area contributed by atoms with Crippen LogP contribution < -0.4 is 4.72 Å². The molecule has 4 aromatic rings. The van der Waals surface area contributed by atoms with Crippen LogP contribution in [-0.2, 0) is 0 Å². The van der Waals surface area contributed by atoms with Crippen LogP contribution in [0.15, 0.2) is 53.4 Å². The third-order valence-electron chi connectivity index (χ3n) is 3.84. The molecule has 0 saturated carbocycles. The van der Waals surface area contributed by atoms with Crippen molar-refractivity contribution in [3.8, 4) is 16.5 Å². The van der Waals surface area contributed by atoms with E-state index in [4.69, 9.17) is 0 Å². The van der Waals surface area contributed by atoms with Gasteiger partial charge in [-0.05, 0) is 24.6 Å². The fourth-order valence-electron chi connectivity index (χ4n) is 2.64. The lowest BCUT2D eigenvalue weighted by Crippen LogP contribution is -1.89. The number of aromatic nitrogens is 3. The highest BCUT2D eigenvalue weighted by molar-refractivity contribution is 8.02. The van der Waals surface area contributed by atoms with Crippen molar-refractivity contribution in [2.24, 2.45) is 0 Å². The fourth-order valence-corrected chi connectivity index (χ4v) is 4.31. The smallest absolute Gasteiger partial charge is 0.171 e. The molecule has 0 aliphatic carbocycles. The Kier molecular flexibility index (Phi) is 4.14. The zero-order valence-electron chi connectivity index (χ0n) is 13.3. The number of hydrogen-bond acceptors (Lipinski definition) is 6.